The number of benzene rings is 1. The summed E-state index contributed by atoms with van der Waals surface area (Å²) in [5.41, 5.74) is 1.27. The van der Waals surface area contributed by atoms with Crippen LogP contribution in [0.5, 0.6) is 0 Å². The molecule has 0 aliphatic carbocycles. The number of carbonyl (C=O) groups excluding carboxylic acids is 1. The highest BCUT2D eigenvalue weighted by molar-refractivity contribution is 5.67. The van der Waals surface area contributed by atoms with Crippen LogP contribution >= 0.6 is 0 Å². The summed E-state index contributed by atoms with van der Waals surface area (Å²) in [5, 5.41) is 0. The zero-order chi connectivity index (χ0) is 16.8. The van der Waals surface area contributed by atoms with Gasteiger partial charge in [-0.2, -0.15) is 0 Å². The molecular formula is C18H24N4O2. The molecule has 128 valence electrons. The van der Waals surface area contributed by atoms with Crippen molar-refractivity contribution in [2.75, 3.05) is 32.8 Å². The molecule has 0 unspecified atom stereocenters. The van der Waals surface area contributed by atoms with E-state index in [1.54, 1.807) is 4.90 Å². The first-order valence-corrected chi connectivity index (χ1v) is 8.44. The first-order chi connectivity index (χ1) is 11.8. The minimum atomic E-state index is -0.206. The van der Waals surface area contributed by atoms with Gasteiger partial charge in [-0.25, -0.2) is 9.78 Å². The Kier molecular flexibility index (Phi) is 5.48. The average Bonchev–Trinajstić information content (AvgIpc) is 3.03. The van der Waals surface area contributed by atoms with Crippen LogP contribution in [0.3, 0.4) is 0 Å². The number of imidazole rings is 1. The molecule has 6 nitrogen and oxygen atoms in total. The van der Waals surface area contributed by atoms with Crippen LogP contribution in [-0.4, -0.2) is 58.2 Å². The van der Waals surface area contributed by atoms with Crippen LogP contribution in [0.4, 0.5) is 4.79 Å². The maximum atomic E-state index is 11.7. The minimum absolute atomic E-state index is 0.206. The lowest BCUT2D eigenvalue weighted by molar-refractivity contribution is 0.0769. The Morgan fingerprint density at radius 3 is 2.58 bits per heavy atom. The maximum Gasteiger partial charge on any atom is 0.409 e. The van der Waals surface area contributed by atoms with Gasteiger partial charge in [-0.3, -0.25) is 4.90 Å². The number of carbonyl (C=O) groups is 1. The van der Waals surface area contributed by atoms with Crippen molar-refractivity contribution in [1.82, 2.24) is 19.4 Å². The first-order valence-electron chi connectivity index (χ1n) is 8.44. The molecule has 1 aliphatic heterocycles. The van der Waals surface area contributed by atoms with Gasteiger partial charge in [0.25, 0.3) is 0 Å². The van der Waals surface area contributed by atoms with Gasteiger partial charge in [0.15, 0.2) is 0 Å². The summed E-state index contributed by atoms with van der Waals surface area (Å²) in [6.45, 7) is 7.00. The van der Waals surface area contributed by atoms with Crippen LogP contribution in [0, 0.1) is 0 Å². The van der Waals surface area contributed by atoms with E-state index in [0.717, 1.165) is 32.0 Å². The fourth-order valence-corrected chi connectivity index (χ4v) is 2.92. The summed E-state index contributed by atoms with van der Waals surface area (Å²) < 4.78 is 7.25. The van der Waals surface area contributed by atoms with Gasteiger partial charge in [-0.1, -0.05) is 30.3 Å². The van der Waals surface area contributed by atoms with Gasteiger partial charge >= 0.3 is 6.09 Å². The Morgan fingerprint density at radius 2 is 1.88 bits per heavy atom. The Balaban J connectivity index is 1.54. The Hall–Kier alpha value is -2.34. The van der Waals surface area contributed by atoms with Crippen molar-refractivity contribution < 1.29 is 9.53 Å². The normalized spacial score (nSPS) is 15.5. The molecule has 2 aromatic rings. The Labute approximate surface area is 142 Å². The molecule has 1 saturated heterocycles. The SMILES string of the molecule is CCOC(=O)N1CCN(Cc2nccn2Cc2ccccc2)CC1. The summed E-state index contributed by atoms with van der Waals surface area (Å²) in [7, 11) is 0. The monoisotopic (exact) mass is 328 g/mol. The molecule has 6 heteroatoms. The van der Waals surface area contributed by atoms with E-state index in [0.29, 0.717) is 19.7 Å². The van der Waals surface area contributed by atoms with E-state index >= 15 is 0 Å². The van der Waals surface area contributed by atoms with E-state index in [-0.39, 0.29) is 6.09 Å². The number of rotatable bonds is 5. The van der Waals surface area contributed by atoms with Gasteiger partial charge < -0.3 is 14.2 Å². The van der Waals surface area contributed by atoms with E-state index in [1.165, 1.54) is 5.56 Å². The molecule has 0 N–H and O–H groups in total. The standard InChI is InChI=1S/C18H24N4O2/c1-2-24-18(23)21-12-10-20(11-13-21)15-17-19-8-9-22(17)14-16-6-4-3-5-7-16/h3-9H,2,10-15H2,1H3. The molecule has 0 radical (unpaired) electrons. The number of piperazine rings is 1. The van der Waals surface area contributed by atoms with E-state index in [9.17, 15) is 4.79 Å². The van der Waals surface area contributed by atoms with Crippen LogP contribution in [0.25, 0.3) is 0 Å². The molecular weight excluding hydrogens is 304 g/mol. The highest BCUT2D eigenvalue weighted by Gasteiger charge is 2.22. The Morgan fingerprint density at radius 1 is 1.12 bits per heavy atom. The number of amides is 1. The van der Waals surface area contributed by atoms with E-state index in [1.807, 2.05) is 25.4 Å². The van der Waals surface area contributed by atoms with E-state index in [2.05, 4.69) is 38.7 Å². The first kappa shape index (κ1) is 16.5. The molecule has 24 heavy (non-hydrogen) atoms. The summed E-state index contributed by atoms with van der Waals surface area (Å²) in [4.78, 5) is 20.4. The van der Waals surface area contributed by atoms with Crippen LogP contribution in [0.2, 0.25) is 0 Å². The summed E-state index contributed by atoms with van der Waals surface area (Å²) in [6.07, 6.45) is 3.67. The van der Waals surface area contributed by atoms with Crippen molar-refractivity contribution in [2.24, 2.45) is 0 Å². The minimum Gasteiger partial charge on any atom is -0.450 e. The lowest BCUT2D eigenvalue weighted by Gasteiger charge is -2.33. The topological polar surface area (TPSA) is 50.6 Å². The van der Waals surface area contributed by atoms with Crippen LogP contribution in [-0.2, 0) is 17.8 Å². The summed E-state index contributed by atoms with van der Waals surface area (Å²) in [5.74, 6) is 1.06. The molecule has 1 fully saturated rings. The molecule has 3 rings (SSSR count). The fourth-order valence-electron chi connectivity index (χ4n) is 2.92. The second-order valence-corrected chi connectivity index (χ2v) is 5.92. The molecule has 0 bridgehead atoms. The largest absolute Gasteiger partial charge is 0.450 e. The number of nitrogens with zero attached hydrogens (tertiary/aromatic N) is 4. The third kappa shape index (κ3) is 4.14. The van der Waals surface area contributed by atoms with Crippen molar-refractivity contribution in [3.05, 3.63) is 54.1 Å². The fraction of sp³-hybridized carbons (Fsp3) is 0.444. The van der Waals surface area contributed by atoms with Gasteiger partial charge in [-0.15, -0.1) is 0 Å². The van der Waals surface area contributed by atoms with Crippen LogP contribution in [0.1, 0.15) is 18.3 Å². The zero-order valence-corrected chi connectivity index (χ0v) is 14.1. The molecule has 0 spiro atoms. The van der Waals surface area contributed by atoms with Crippen molar-refractivity contribution in [2.45, 2.75) is 20.0 Å². The van der Waals surface area contributed by atoms with Crippen molar-refractivity contribution in [1.29, 1.82) is 0 Å². The summed E-state index contributed by atoms with van der Waals surface area (Å²) >= 11 is 0. The van der Waals surface area contributed by atoms with Crippen molar-refractivity contribution in [3.63, 3.8) is 0 Å². The number of aromatic nitrogens is 2. The highest BCUT2D eigenvalue weighted by atomic mass is 16.6. The van der Waals surface area contributed by atoms with Crippen molar-refractivity contribution in [3.8, 4) is 0 Å². The molecule has 2 heterocycles. The predicted octanol–water partition coefficient (Wildman–Crippen LogP) is 2.21. The average molecular weight is 328 g/mol. The number of hydrogen-bond acceptors (Lipinski definition) is 4. The van der Waals surface area contributed by atoms with Crippen LogP contribution in [0.15, 0.2) is 42.7 Å². The molecule has 0 atom stereocenters. The number of hydrogen-bond donors (Lipinski definition) is 0. The van der Waals surface area contributed by atoms with Gasteiger partial charge in [0.2, 0.25) is 0 Å². The van der Waals surface area contributed by atoms with Crippen LogP contribution < -0.4 is 0 Å². The van der Waals surface area contributed by atoms with E-state index in [4.69, 9.17) is 4.74 Å². The third-order valence-electron chi connectivity index (χ3n) is 4.26. The smallest absolute Gasteiger partial charge is 0.409 e. The van der Waals surface area contributed by atoms with Gasteiger partial charge in [0.1, 0.15) is 5.82 Å². The quantitative estimate of drug-likeness (QED) is 0.844. The lowest BCUT2D eigenvalue weighted by Crippen LogP contribution is -2.48. The maximum absolute atomic E-state index is 11.7. The third-order valence-corrected chi connectivity index (χ3v) is 4.26. The second kappa shape index (κ2) is 7.97. The van der Waals surface area contributed by atoms with Gasteiger partial charge in [-0.05, 0) is 12.5 Å². The summed E-state index contributed by atoms with van der Waals surface area (Å²) in [6, 6.07) is 10.4. The Bertz CT molecular complexity index is 648. The molecule has 1 amide bonds. The molecule has 1 aliphatic rings. The zero-order valence-electron chi connectivity index (χ0n) is 14.1. The van der Waals surface area contributed by atoms with E-state index < -0.39 is 0 Å². The second-order valence-electron chi connectivity index (χ2n) is 5.92. The number of ether oxygens (including phenoxy) is 1. The molecule has 0 saturated carbocycles. The van der Waals surface area contributed by atoms with Gasteiger partial charge in [0, 0.05) is 45.1 Å². The van der Waals surface area contributed by atoms with Crippen molar-refractivity contribution >= 4 is 6.09 Å². The highest BCUT2D eigenvalue weighted by Crippen LogP contribution is 2.10. The molecule has 1 aromatic heterocycles. The molecule has 1 aromatic carbocycles. The predicted molar refractivity (Wildman–Crippen MR) is 91.6 cm³/mol. The van der Waals surface area contributed by atoms with Gasteiger partial charge in [0.05, 0.1) is 13.2 Å². The lowest BCUT2D eigenvalue weighted by atomic mass is 10.2.